The molecule has 0 aromatic heterocycles. The average Bonchev–Trinajstić information content (AvgIpc) is 2.93. The van der Waals surface area contributed by atoms with E-state index in [-0.39, 0.29) is 24.6 Å². The Morgan fingerprint density at radius 3 is 2.10 bits per heavy atom. The quantitative estimate of drug-likeness (QED) is 0.334. The van der Waals surface area contributed by atoms with Crippen molar-refractivity contribution in [2.75, 3.05) is 31.3 Å². The van der Waals surface area contributed by atoms with Gasteiger partial charge in [0, 0.05) is 24.6 Å². The highest BCUT2D eigenvalue weighted by molar-refractivity contribution is 7.92. The lowest BCUT2D eigenvalue weighted by molar-refractivity contribution is -0.140. The van der Waals surface area contributed by atoms with E-state index in [9.17, 15) is 18.0 Å². The van der Waals surface area contributed by atoms with Crippen LogP contribution >= 0.6 is 0 Å². The molecule has 2 amide bonds. The largest absolute Gasteiger partial charge is 0.493 e. The van der Waals surface area contributed by atoms with Crippen LogP contribution in [0.4, 0.5) is 5.69 Å². The molecule has 226 valence electrons. The molecule has 0 radical (unpaired) electrons. The van der Waals surface area contributed by atoms with Gasteiger partial charge in [-0.25, -0.2) is 8.42 Å². The van der Waals surface area contributed by atoms with Crippen LogP contribution < -0.4 is 19.1 Å². The summed E-state index contributed by atoms with van der Waals surface area (Å²) >= 11 is 0. The number of rotatable bonds is 12. The summed E-state index contributed by atoms with van der Waals surface area (Å²) in [5, 5.41) is 3.02. The maximum absolute atomic E-state index is 14.3. The number of benzene rings is 3. The summed E-state index contributed by atoms with van der Waals surface area (Å²) in [6.07, 6.45) is 1.28. The molecule has 0 saturated heterocycles. The summed E-state index contributed by atoms with van der Waals surface area (Å²) in [7, 11) is -0.988. The van der Waals surface area contributed by atoms with Crippen molar-refractivity contribution in [3.63, 3.8) is 0 Å². The maximum atomic E-state index is 14.3. The Balaban J connectivity index is 2.11. The SMILES string of the molecule is COc1ccc(N(CC(=O)N(Cc2ccccc2C)C(Cc2ccccc2)C(=O)NC(C)(C)C)S(C)(=O)=O)cc1OC. The molecule has 42 heavy (non-hydrogen) atoms. The molecule has 10 heteroatoms. The van der Waals surface area contributed by atoms with Crippen molar-refractivity contribution in [1.82, 2.24) is 10.2 Å². The predicted octanol–water partition coefficient (Wildman–Crippen LogP) is 4.33. The molecule has 0 bridgehead atoms. The topological polar surface area (TPSA) is 105 Å². The van der Waals surface area contributed by atoms with Gasteiger partial charge in [0.25, 0.3) is 0 Å². The molecule has 0 spiro atoms. The molecule has 0 heterocycles. The highest BCUT2D eigenvalue weighted by Crippen LogP contribution is 2.32. The number of ether oxygens (including phenoxy) is 2. The zero-order valence-electron chi connectivity index (χ0n) is 25.4. The number of nitrogens with zero attached hydrogens (tertiary/aromatic N) is 2. The van der Waals surface area contributed by atoms with Gasteiger partial charge in [-0.1, -0.05) is 54.6 Å². The molecule has 1 atom stereocenters. The van der Waals surface area contributed by atoms with E-state index in [2.05, 4.69) is 5.32 Å². The summed E-state index contributed by atoms with van der Waals surface area (Å²) in [5.74, 6) is -0.114. The normalized spacial score (nSPS) is 12.3. The van der Waals surface area contributed by atoms with Gasteiger partial charge in [-0.05, 0) is 56.5 Å². The van der Waals surface area contributed by atoms with Gasteiger partial charge in [-0.2, -0.15) is 0 Å². The third-order valence-electron chi connectivity index (χ3n) is 6.71. The van der Waals surface area contributed by atoms with E-state index in [0.29, 0.717) is 11.5 Å². The number of anilines is 1. The lowest BCUT2D eigenvalue weighted by Crippen LogP contribution is -2.56. The first-order valence-corrected chi connectivity index (χ1v) is 15.5. The Bertz CT molecular complexity index is 1490. The second-order valence-electron chi connectivity index (χ2n) is 11.2. The van der Waals surface area contributed by atoms with Gasteiger partial charge in [-0.3, -0.25) is 13.9 Å². The van der Waals surface area contributed by atoms with Gasteiger partial charge in [0.05, 0.1) is 26.2 Å². The van der Waals surface area contributed by atoms with Crippen LogP contribution in [0.3, 0.4) is 0 Å². The minimum atomic E-state index is -3.92. The second kappa shape index (κ2) is 13.7. The van der Waals surface area contributed by atoms with Gasteiger partial charge in [0.2, 0.25) is 21.8 Å². The second-order valence-corrected chi connectivity index (χ2v) is 13.1. The standard InChI is InChI=1S/C32H41N3O6S/c1-23-13-11-12-16-25(23)21-34(27(31(37)33-32(2,3)4)19-24-14-9-8-10-15-24)30(36)22-35(42(7,38)39)26-17-18-28(40-5)29(20-26)41-6/h8-18,20,27H,19,21-22H2,1-7H3,(H,33,37). The van der Waals surface area contributed by atoms with Gasteiger partial charge in [0.1, 0.15) is 12.6 Å². The summed E-state index contributed by atoms with van der Waals surface area (Å²) in [4.78, 5) is 29.6. The zero-order chi connectivity index (χ0) is 31.1. The fraction of sp³-hybridized carbons (Fsp3) is 0.375. The first-order valence-electron chi connectivity index (χ1n) is 13.6. The van der Waals surface area contributed by atoms with Crippen molar-refractivity contribution in [3.8, 4) is 11.5 Å². The fourth-order valence-corrected chi connectivity index (χ4v) is 5.41. The number of hydrogen-bond donors (Lipinski definition) is 1. The van der Waals surface area contributed by atoms with Crippen LogP contribution in [0.5, 0.6) is 11.5 Å². The number of sulfonamides is 1. The van der Waals surface area contributed by atoms with Crippen LogP contribution in [0.25, 0.3) is 0 Å². The smallest absolute Gasteiger partial charge is 0.244 e. The number of amides is 2. The summed E-state index contributed by atoms with van der Waals surface area (Å²) in [6, 6.07) is 20.8. The van der Waals surface area contributed by atoms with Crippen molar-refractivity contribution >= 4 is 27.5 Å². The monoisotopic (exact) mass is 595 g/mol. The van der Waals surface area contributed by atoms with E-state index in [1.165, 1.54) is 25.2 Å². The molecule has 9 nitrogen and oxygen atoms in total. The van der Waals surface area contributed by atoms with Crippen LogP contribution in [0.1, 0.15) is 37.5 Å². The van der Waals surface area contributed by atoms with Crippen LogP contribution in [-0.2, 0) is 32.6 Å². The lowest BCUT2D eigenvalue weighted by Gasteiger charge is -2.35. The predicted molar refractivity (Wildman–Crippen MR) is 165 cm³/mol. The summed E-state index contributed by atoms with van der Waals surface area (Å²) < 4.78 is 37.8. The molecule has 0 aliphatic carbocycles. The summed E-state index contributed by atoms with van der Waals surface area (Å²) in [5.41, 5.74) is 2.35. The average molecular weight is 596 g/mol. The molecule has 0 fully saturated rings. The number of nitrogens with one attached hydrogen (secondary N) is 1. The van der Waals surface area contributed by atoms with E-state index in [1.54, 1.807) is 12.1 Å². The molecule has 3 rings (SSSR count). The molecule has 1 unspecified atom stereocenters. The minimum absolute atomic E-state index is 0.115. The highest BCUT2D eigenvalue weighted by Gasteiger charge is 2.34. The first-order chi connectivity index (χ1) is 19.7. The number of carbonyl (C=O) groups is 2. The molecule has 0 saturated carbocycles. The molecule has 0 aliphatic rings. The lowest BCUT2D eigenvalue weighted by atomic mass is 10.00. The molecule has 1 N–H and O–H groups in total. The number of methoxy groups -OCH3 is 2. The number of carbonyl (C=O) groups excluding carboxylic acids is 2. The molecule has 3 aromatic carbocycles. The molecule has 3 aromatic rings. The van der Waals surface area contributed by atoms with Crippen molar-refractivity contribution in [2.24, 2.45) is 0 Å². The van der Waals surface area contributed by atoms with Gasteiger partial charge in [-0.15, -0.1) is 0 Å². The molecular weight excluding hydrogens is 554 g/mol. The van der Waals surface area contributed by atoms with Crippen LogP contribution in [0.2, 0.25) is 0 Å². The van der Waals surface area contributed by atoms with E-state index in [1.807, 2.05) is 82.3 Å². The zero-order valence-corrected chi connectivity index (χ0v) is 26.2. The maximum Gasteiger partial charge on any atom is 0.244 e. The van der Waals surface area contributed by atoms with E-state index < -0.39 is 34.1 Å². The minimum Gasteiger partial charge on any atom is -0.493 e. The Morgan fingerprint density at radius 2 is 1.52 bits per heavy atom. The van der Waals surface area contributed by atoms with Crippen molar-refractivity contribution in [2.45, 2.75) is 52.2 Å². The van der Waals surface area contributed by atoms with Crippen molar-refractivity contribution < 1.29 is 27.5 Å². The third-order valence-corrected chi connectivity index (χ3v) is 7.85. The first kappa shape index (κ1) is 32.5. The van der Waals surface area contributed by atoms with Crippen molar-refractivity contribution in [3.05, 3.63) is 89.5 Å². The Hall–Kier alpha value is -4.05. The van der Waals surface area contributed by atoms with Gasteiger partial charge < -0.3 is 19.7 Å². The van der Waals surface area contributed by atoms with Crippen LogP contribution in [-0.4, -0.2) is 63.7 Å². The van der Waals surface area contributed by atoms with Gasteiger partial charge in [0.15, 0.2) is 11.5 Å². The number of aryl methyl sites for hydroxylation is 1. The van der Waals surface area contributed by atoms with E-state index >= 15 is 0 Å². The molecular formula is C32H41N3O6S. The van der Waals surface area contributed by atoms with Gasteiger partial charge >= 0.3 is 0 Å². The van der Waals surface area contributed by atoms with Crippen LogP contribution in [0, 0.1) is 6.92 Å². The highest BCUT2D eigenvalue weighted by atomic mass is 32.2. The Labute approximate surface area is 249 Å². The Morgan fingerprint density at radius 1 is 0.905 bits per heavy atom. The third kappa shape index (κ3) is 8.72. The molecule has 0 aliphatic heterocycles. The summed E-state index contributed by atoms with van der Waals surface area (Å²) in [6.45, 7) is 7.16. The van der Waals surface area contributed by atoms with E-state index in [0.717, 1.165) is 27.3 Å². The van der Waals surface area contributed by atoms with Crippen LogP contribution in [0.15, 0.2) is 72.8 Å². The fourth-order valence-electron chi connectivity index (χ4n) is 4.57. The number of hydrogen-bond acceptors (Lipinski definition) is 6. The van der Waals surface area contributed by atoms with Crippen molar-refractivity contribution in [1.29, 1.82) is 0 Å². The Kier molecular flexibility index (Phi) is 10.6. The van der Waals surface area contributed by atoms with E-state index in [4.69, 9.17) is 9.47 Å².